The molecule has 0 unspecified atom stereocenters. The third kappa shape index (κ3) is 2.27. The topological polar surface area (TPSA) is 56.5 Å². The Kier molecular flexibility index (Phi) is 2.71. The number of allylic oxidation sites excluding steroid dienone is 3. The van der Waals surface area contributed by atoms with Crippen LogP contribution in [0.25, 0.3) is 23.2 Å². The number of aromatic nitrogens is 3. The summed E-state index contributed by atoms with van der Waals surface area (Å²) in [5.74, 6) is 1.03. The van der Waals surface area contributed by atoms with E-state index in [0.29, 0.717) is 0 Å². The van der Waals surface area contributed by atoms with Crippen LogP contribution in [0.4, 0.5) is 5.82 Å². The fourth-order valence-electron chi connectivity index (χ4n) is 2.38. The van der Waals surface area contributed by atoms with Gasteiger partial charge in [-0.05, 0) is 48.6 Å². The van der Waals surface area contributed by atoms with Gasteiger partial charge in [0.1, 0.15) is 11.5 Å². The van der Waals surface area contributed by atoms with Crippen LogP contribution in [-0.2, 0) is 0 Å². The van der Waals surface area contributed by atoms with Crippen molar-refractivity contribution in [3.05, 3.63) is 71.8 Å². The Balaban J connectivity index is 1.54. The molecule has 0 fully saturated rings. The second kappa shape index (κ2) is 4.83. The van der Waals surface area contributed by atoms with E-state index in [1.807, 2.05) is 48.8 Å². The molecule has 0 saturated carbocycles. The summed E-state index contributed by atoms with van der Waals surface area (Å²) < 4.78 is 0. The normalized spacial score (nSPS) is 15.7. The minimum absolute atomic E-state index is 0.913. The molecule has 0 spiro atoms. The van der Waals surface area contributed by atoms with Crippen molar-refractivity contribution < 1.29 is 0 Å². The number of rotatable bonds is 2. The summed E-state index contributed by atoms with van der Waals surface area (Å²) in [6, 6.07) is 8.14. The van der Waals surface area contributed by atoms with E-state index in [2.05, 4.69) is 38.5 Å². The highest BCUT2D eigenvalue weighted by molar-refractivity contribution is 5.77. The highest BCUT2D eigenvalue weighted by atomic mass is 15.0. The van der Waals surface area contributed by atoms with Crippen LogP contribution in [0.1, 0.15) is 11.3 Å². The van der Waals surface area contributed by atoms with Gasteiger partial charge in [-0.3, -0.25) is 0 Å². The zero-order valence-electron chi connectivity index (χ0n) is 11.3. The number of hydrogen-bond acceptors (Lipinski definition) is 2. The van der Waals surface area contributed by atoms with Gasteiger partial charge < -0.3 is 15.3 Å². The van der Waals surface area contributed by atoms with Crippen molar-refractivity contribution in [2.45, 2.75) is 0 Å². The maximum atomic E-state index is 4.53. The zero-order valence-corrected chi connectivity index (χ0v) is 11.3. The molecule has 3 aromatic heterocycles. The fraction of sp³-hybridized carbons (Fsp3) is 0. The van der Waals surface area contributed by atoms with Crippen LogP contribution >= 0.6 is 0 Å². The molecule has 102 valence electrons. The Morgan fingerprint density at radius 1 is 0.952 bits per heavy atom. The number of pyridine rings is 1. The van der Waals surface area contributed by atoms with Crippen molar-refractivity contribution in [1.82, 2.24) is 15.0 Å². The Morgan fingerprint density at radius 2 is 1.90 bits per heavy atom. The number of hydrogen-bond donors (Lipinski definition) is 3. The van der Waals surface area contributed by atoms with Crippen molar-refractivity contribution in [3.8, 4) is 0 Å². The Bertz CT molecular complexity index is 877. The van der Waals surface area contributed by atoms with E-state index >= 15 is 0 Å². The quantitative estimate of drug-likeness (QED) is 0.663. The van der Waals surface area contributed by atoms with Crippen molar-refractivity contribution in [2.75, 3.05) is 5.32 Å². The van der Waals surface area contributed by atoms with E-state index < -0.39 is 0 Å². The molecule has 0 aliphatic carbocycles. The van der Waals surface area contributed by atoms with Gasteiger partial charge in [-0.1, -0.05) is 6.08 Å². The average molecular weight is 274 g/mol. The molecule has 4 heterocycles. The highest BCUT2D eigenvalue weighted by Gasteiger charge is 2.05. The van der Waals surface area contributed by atoms with Crippen LogP contribution in [0.5, 0.6) is 0 Å². The largest absolute Gasteiger partial charge is 0.348 e. The van der Waals surface area contributed by atoms with Crippen molar-refractivity contribution in [1.29, 1.82) is 0 Å². The lowest BCUT2D eigenvalue weighted by Gasteiger charge is -2.10. The van der Waals surface area contributed by atoms with Crippen molar-refractivity contribution >= 4 is 29.0 Å². The lowest BCUT2D eigenvalue weighted by atomic mass is 10.2. The third-order valence-electron chi connectivity index (χ3n) is 3.46. The first-order valence-electron chi connectivity index (χ1n) is 6.83. The van der Waals surface area contributed by atoms with Crippen LogP contribution in [-0.4, -0.2) is 15.0 Å². The molecule has 4 rings (SSSR count). The molecular weight excluding hydrogens is 260 g/mol. The van der Waals surface area contributed by atoms with E-state index in [0.717, 1.165) is 28.2 Å². The van der Waals surface area contributed by atoms with E-state index in [-0.39, 0.29) is 0 Å². The highest BCUT2D eigenvalue weighted by Crippen LogP contribution is 2.22. The molecule has 1 aliphatic heterocycles. The summed E-state index contributed by atoms with van der Waals surface area (Å²) in [5, 5.41) is 4.46. The molecule has 1 aliphatic rings. The van der Waals surface area contributed by atoms with Crippen LogP contribution in [0.2, 0.25) is 0 Å². The molecule has 21 heavy (non-hydrogen) atoms. The van der Waals surface area contributed by atoms with Gasteiger partial charge in [0.25, 0.3) is 0 Å². The number of nitrogens with one attached hydrogen (secondary N) is 3. The molecule has 0 bridgehead atoms. The molecule has 0 atom stereocenters. The van der Waals surface area contributed by atoms with Crippen LogP contribution < -0.4 is 5.32 Å². The molecule has 0 saturated heterocycles. The second-order valence-corrected chi connectivity index (χ2v) is 4.90. The van der Waals surface area contributed by atoms with Crippen LogP contribution in [0.15, 0.2) is 60.6 Å². The van der Waals surface area contributed by atoms with Gasteiger partial charge >= 0.3 is 0 Å². The lowest BCUT2D eigenvalue weighted by molar-refractivity contribution is 1.30. The number of aromatic amines is 2. The summed E-state index contributed by atoms with van der Waals surface area (Å²) in [4.78, 5) is 10.8. The molecule has 3 N–H and O–H groups in total. The van der Waals surface area contributed by atoms with Gasteiger partial charge in [0, 0.05) is 29.0 Å². The predicted molar refractivity (Wildman–Crippen MR) is 86.7 cm³/mol. The van der Waals surface area contributed by atoms with Gasteiger partial charge in [0.05, 0.1) is 5.69 Å². The van der Waals surface area contributed by atoms with Crippen molar-refractivity contribution in [2.24, 2.45) is 0 Å². The molecule has 4 nitrogen and oxygen atoms in total. The smallest absolute Gasteiger partial charge is 0.137 e. The Labute approximate surface area is 121 Å². The Morgan fingerprint density at radius 3 is 2.90 bits per heavy atom. The summed E-state index contributed by atoms with van der Waals surface area (Å²) in [6.07, 6.45) is 14.0. The van der Waals surface area contributed by atoms with Gasteiger partial charge in [0.2, 0.25) is 0 Å². The van der Waals surface area contributed by atoms with Gasteiger partial charge in [0.15, 0.2) is 0 Å². The van der Waals surface area contributed by atoms with Gasteiger partial charge in [-0.2, -0.15) is 0 Å². The number of fused-ring (bicyclic) bond motifs is 2. The first-order chi connectivity index (χ1) is 10.4. The van der Waals surface area contributed by atoms with E-state index in [9.17, 15) is 0 Å². The molecule has 0 aromatic carbocycles. The van der Waals surface area contributed by atoms with Crippen LogP contribution in [0, 0.1) is 0 Å². The summed E-state index contributed by atoms with van der Waals surface area (Å²) in [7, 11) is 0. The maximum absolute atomic E-state index is 4.53. The van der Waals surface area contributed by atoms with E-state index in [1.54, 1.807) is 0 Å². The summed E-state index contributed by atoms with van der Waals surface area (Å²) in [5.41, 5.74) is 4.07. The summed E-state index contributed by atoms with van der Waals surface area (Å²) in [6.45, 7) is 0. The predicted octanol–water partition coefficient (Wildman–Crippen LogP) is 3.93. The first kappa shape index (κ1) is 11.8. The second-order valence-electron chi connectivity index (χ2n) is 4.90. The Hall–Kier alpha value is -3.01. The molecule has 4 heteroatoms. The van der Waals surface area contributed by atoms with Crippen LogP contribution in [0.3, 0.4) is 0 Å². The lowest BCUT2D eigenvalue weighted by Crippen LogP contribution is -2.01. The minimum atomic E-state index is 0.913. The third-order valence-corrected chi connectivity index (χ3v) is 3.46. The molecule has 0 radical (unpaired) electrons. The van der Waals surface area contributed by atoms with Gasteiger partial charge in [-0.25, -0.2) is 4.98 Å². The SMILES string of the molecule is C(=Cc1ccc2cc[nH]c2n1)/C=C1\C=Cc2cc[nH]c2N1. The van der Waals surface area contributed by atoms with Crippen molar-refractivity contribution in [3.63, 3.8) is 0 Å². The number of anilines is 1. The average Bonchev–Trinajstić information content (AvgIpc) is 3.14. The molecule has 0 amide bonds. The number of nitrogens with zero attached hydrogens (tertiary/aromatic N) is 1. The zero-order chi connectivity index (χ0) is 14.1. The maximum Gasteiger partial charge on any atom is 0.137 e. The molecule has 3 aromatic rings. The van der Waals surface area contributed by atoms with E-state index in [4.69, 9.17) is 0 Å². The van der Waals surface area contributed by atoms with E-state index in [1.165, 1.54) is 5.56 Å². The fourth-order valence-corrected chi connectivity index (χ4v) is 2.38. The monoisotopic (exact) mass is 274 g/mol. The number of H-pyrrole nitrogens is 2. The minimum Gasteiger partial charge on any atom is -0.348 e. The molecular formula is C17H14N4. The summed E-state index contributed by atoms with van der Waals surface area (Å²) >= 11 is 0. The van der Waals surface area contributed by atoms with Gasteiger partial charge in [-0.15, -0.1) is 0 Å². The standard InChI is InChI=1S/C17H14N4/c1(2-14-6-4-12-8-10-18-16(12)20-14)3-15-7-5-13-9-11-19-17(13)21-15/h1-11,18,20H,(H,19,21)/b3-1?,14-2+. The first-order valence-corrected chi connectivity index (χ1v) is 6.83.